The molecular formula is C9H22N2O5S2. The van der Waals surface area contributed by atoms with Gasteiger partial charge in [-0.15, -0.1) is 0 Å². The number of carbonyl (C=O) groups is 1. The van der Waals surface area contributed by atoms with Crippen LogP contribution in [0.3, 0.4) is 0 Å². The smallest absolute Gasteiger partial charge is 0.237 e. The summed E-state index contributed by atoms with van der Waals surface area (Å²) in [5, 5.41) is -0.559. The Hall–Kier alpha value is -0.670. The van der Waals surface area contributed by atoms with Gasteiger partial charge < -0.3 is 0 Å². The molecule has 0 atom stereocenters. The molecule has 0 aliphatic carbocycles. The van der Waals surface area contributed by atoms with E-state index in [0.29, 0.717) is 0 Å². The SMILES string of the molecule is CC(=O)NS(=O)(=O)C(C)C.CC(C)NS(C)(=O)=O. The van der Waals surface area contributed by atoms with E-state index in [2.05, 4.69) is 4.72 Å². The molecule has 1 amide bonds. The summed E-state index contributed by atoms with van der Waals surface area (Å²) in [4.78, 5) is 10.3. The second-order valence-electron chi connectivity index (χ2n) is 4.30. The molecule has 0 aromatic carbocycles. The zero-order valence-corrected chi connectivity index (χ0v) is 13.1. The lowest BCUT2D eigenvalue weighted by molar-refractivity contribution is -0.117. The van der Waals surface area contributed by atoms with E-state index in [-0.39, 0.29) is 6.04 Å². The predicted molar refractivity (Wildman–Crippen MR) is 71.0 cm³/mol. The monoisotopic (exact) mass is 302 g/mol. The third-order valence-electron chi connectivity index (χ3n) is 1.36. The fourth-order valence-electron chi connectivity index (χ4n) is 0.746. The molecule has 110 valence electrons. The van der Waals surface area contributed by atoms with Gasteiger partial charge in [0.05, 0.1) is 11.5 Å². The standard InChI is InChI=1S/C5H11NO3S.C4H11NO2S/c1-4(2)10(8,9)6-5(3)7;1-4(2)5-8(3,6)7/h4H,1-3H3,(H,6,7);4-5H,1-3H3. The highest BCUT2D eigenvalue weighted by Gasteiger charge is 2.15. The quantitative estimate of drug-likeness (QED) is 0.747. The molecular weight excluding hydrogens is 280 g/mol. The molecule has 0 aliphatic rings. The Labute approximate surface area is 109 Å². The van der Waals surface area contributed by atoms with Crippen LogP contribution in [0.5, 0.6) is 0 Å². The van der Waals surface area contributed by atoms with Gasteiger partial charge in [0.1, 0.15) is 0 Å². The van der Waals surface area contributed by atoms with Crippen molar-refractivity contribution in [2.75, 3.05) is 6.26 Å². The second-order valence-corrected chi connectivity index (χ2v) is 8.31. The van der Waals surface area contributed by atoms with Gasteiger partial charge in [0.2, 0.25) is 26.0 Å². The van der Waals surface area contributed by atoms with E-state index in [1.165, 1.54) is 20.8 Å². The Morgan fingerprint density at radius 1 is 1.00 bits per heavy atom. The summed E-state index contributed by atoms with van der Waals surface area (Å²) in [6.07, 6.45) is 1.15. The molecule has 0 saturated heterocycles. The van der Waals surface area contributed by atoms with Gasteiger partial charge in [0.25, 0.3) is 0 Å². The van der Waals surface area contributed by atoms with Crippen molar-refractivity contribution >= 4 is 26.0 Å². The van der Waals surface area contributed by atoms with E-state index >= 15 is 0 Å². The van der Waals surface area contributed by atoms with Crippen LogP contribution < -0.4 is 9.44 Å². The molecule has 0 aliphatic heterocycles. The van der Waals surface area contributed by atoms with E-state index in [9.17, 15) is 21.6 Å². The van der Waals surface area contributed by atoms with Crippen LogP contribution in [0.25, 0.3) is 0 Å². The number of sulfonamides is 2. The van der Waals surface area contributed by atoms with Gasteiger partial charge in [-0.3, -0.25) is 9.52 Å². The summed E-state index contributed by atoms with van der Waals surface area (Å²) in [6.45, 7) is 7.73. The maximum atomic E-state index is 10.8. The molecule has 0 fully saturated rings. The first-order chi connectivity index (χ1) is 7.78. The first kappa shape index (κ1) is 19.7. The lowest BCUT2D eigenvalue weighted by Crippen LogP contribution is -2.34. The number of amides is 1. The van der Waals surface area contributed by atoms with Crippen LogP contribution >= 0.6 is 0 Å². The summed E-state index contributed by atoms with van der Waals surface area (Å²) in [5.74, 6) is -0.547. The van der Waals surface area contributed by atoms with E-state index in [4.69, 9.17) is 0 Å². The Kier molecular flexibility index (Phi) is 8.41. The molecule has 0 aromatic heterocycles. The van der Waals surface area contributed by atoms with Crippen LogP contribution in [0, 0.1) is 0 Å². The highest BCUT2D eigenvalue weighted by atomic mass is 32.2. The number of rotatable bonds is 4. The third-order valence-corrected chi connectivity index (χ3v) is 4.07. The molecule has 0 spiro atoms. The lowest BCUT2D eigenvalue weighted by Gasteiger charge is -2.06. The minimum Gasteiger partial charge on any atom is -0.274 e. The molecule has 0 saturated carbocycles. The van der Waals surface area contributed by atoms with Gasteiger partial charge in [-0.1, -0.05) is 0 Å². The van der Waals surface area contributed by atoms with Gasteiger partial charge in [0, 0.05) is 13.0 Å². The van der Waals surface area contributed by atoms with Gasteiger partial charge >= 0.3 is 0 Å². The minimum absolute atomic E-state index is 0.00463. The van der Waals surface area contributed by atoms with Crippen molar-refractivity contribution in [3.63, 3.8) is 0 Å². The minimum atomic E-state index is -3.40. The molecule has 18 heavy (non-hydrogen) atoms. The summed E-state index contributed by atoms with van der Waals surface area (Å²) in [5.41, 5.74) is 0. The van der Waals surface area contributed by atoms with Crippen molar-refractivity contribution in [2.45, 2.75) is 45.9 Å². The fraction of sp³-hybridized carbons (Fsp3) is 0.889. The van der Waals surface area contributed by atoms with Crippen molar-refractivity contribution in [1.82, 2.24) is 9.44 Å². The molecule has 0 bridgehead atoms. The molecule has 9 heteroatoms. The van der Waals surface area contributed by atoms with E-state index in [0.717, 1.165) is 6.26 Å². The molecule has 0 heterocycles. The molecule has 7 nitrogen and oxygen atoms in total. The Balaban J connectivity index is 0. The van der Waals surface area contributed by atoms with Crippen molar-refractivity contribution < 1.29 is 21.6 Å². The van der Waals surface area contributed by atoms with Crippen LogP contribution in [0.4, 0.5) is 0 Å². The van der Waals surface area contributed by atoms with Crippen molar-refractivity contribution in [3.8, 4) is 0 Å². The molecule has 0 unspecified atom stereocenters. The van der Waals surface area contributed by atoms with E-state index in [1.54, 1.807) is 13.8 Å². The maximum Gasteiger partial charge on any atom is 0.237 e. The first-order valence-electron chi connectivity index (χ1n) is 5.27. The zero-order valence-electron chi connectivity index (χ0n) is 11.5. The highest BCUT2D eigenvalue weighted by Crippen LogP contribution is 1.94. The lowest BCUT2D eigenvalue weighted by atomic mass is 10.4. The fourth-order valence-corrected chi connectivity index (χ4v) is 2.24. The van der Waals surface area contributed by atoms with E-state index < -0.39 is 31.2 Å². The number of carbonyl (C=O) groups excluding carboxylic acids is 1. The Bertz CT molecular complexity index is 451. The first-order valence-corrected chi connectivity index (χ1v) is 8.71. The van der Waals surface area contributed by atoms with Crippen molar-refractivity contribution in [2.24, 2.45) is 0 Å². The van der Waals surface area contributed by atoms with Gasteiger partial charge in [0.15, 0.2) is 0 Å². The van der Waals surface area contributed by atoms with Crippen molar-refractivity contribution in [1.29, 1.82) is 0 Å². The largest absolute Gasteiger partial charge is 0.274 e. The number of hydrogen-bond donors (Lipinski definition) is 2. The van der Waals surface area contributed by atoms with Crippen LogP contribution in [0.15, 0.2) is 0 Å². The molecule has 0 rings (SSSR count). The number of nitrogens with one attached hydrogen (secondary N) is 2. The highest BCUT2D eigenvalue weighted by molar-refractivity contribution is 7.90. The summed E-state index contributed by atoms with van der Waals surface area (Å²) < 4.78 is 46.5. The molecule has 0 radical (unpaired) electrons. The average molecular weight is 302 g/mol. The van der Waals surface area contributed by atoms with E-state index in [1.807, 2.05) is 4.72 Å². The van der Waals surface area contributed by atoms with Crippen LogP contribution in [-0.2, 0) is 24.8 Å². The second kappa shape index (κ2) is 7.70. The Morgan fingerprint density at radius 3 is 1.44 bits per heavy atom. The van der Waals surface area contributed by atoms with Gasteiger partial charge in [-0.2, -0.15) is 0 Å². The van der Waals surface area contributed by atoms with Gasteiger partial charge in [-0.05, 0) is 27.7 Å². The van der Waals surface area contributed by atoms with Crippen LogP contribution in [-0.4, -0.2) is 40.3 Å². The normalized spacial score (nSPS) is 12.0. The summed E-state index contributed by atoms with van der Waals surface area (Å²) >= 11 is 0. The Morgan fingerprint density at radius 2 is 1.39 bits per heavy atom. The molecule has 0 aromatic rings. The summed E-state index contributed by atoms with van der Waals surface area (Å²) in [6, 6.07) is 0.00463. The molecule has 2 N–H and O–H groups in total. The average Bonchev–Trinajstić information content (AvgIpc) is 1.96. The maximum absolute atomic E-state index is 10.8. The summed E-state index contributed by atoms with van der Waals surface area (Å²) in [7, 11) is -6.37. The zero-order chi connectivity index (χ0) is 15.1. The predicted octanol–water partition coefficient (Wildman–Crippen LogP) is -0.195. The third kappa shape index (κ3) is 13.4. The number of hydrogen-bond acceptors (Lipinski definition) is 5. The van der Waals surface area contributed by atoms with Crippen LogP contribution in [0.1, 0.15) is 34.6 Å². The topological polar surface area (TPSA) is 109 Å². The van der Waals surface area contributed by atoms with Crippen LogP contribution in [0.2, 0.25) is 0 Å². The van der Waals surface area contributed by atoms with Crippen molar-refractivity contribution in [3.05, 3.63) is 0 Å². The van der Waals surface area contributed by atoms with Gasteiger partial charge in [-0.25, -0.2) is 21.6 Å².